The van der Waals surface area contributed by atoms with Gasteiger partial charge in [-0.2, -0.15) is 0 Å². The van der Waals surface area contributed by atoms with Crippen molar-refractivity contribution < 1.29 is 0 Å². The van der Waals surface area contributed by atoms with E-state index < -0.39 is 0 Å². The van der Waals surface area contributed by atoms with Gasteiger partial charge in [-0.25, -0.2) is 0 Å². The summed E-state index contributed by atoms with van der Waals surface area (Å²) in [5.41, 5.74) is 15.6. The van der Waals surface area contributed by atoms with E-state index in [2.05, 4.69) is 278 Å². The molecule has 0 fully saturated rings. The molecule has 0 saturated heterocycles. The van der Waals surface area contributed by atoms with E-state index in [1.165, 1.54) is 120 Å². The van der Waals surface area contributed by atoms with Gasteiger partial charge in [0.15, 0.2) is 0 Å². The summed E-state index contributed by atoms with van der Waals surface area (Å²) in [6, 6.07) is 94.8. The van der Waals surface area contributed by atoms with Crippen molar-refractivity contribution in [2.45, 2.75) is 12.8 Å². The first-order chi connectivity index (χ1) is 36.2. The number of hydrogen-bond donors (Lipinski definition) is 0. The molecule has 0 aliphatic heterocycles. The molecule has 1 aliphatic rings. The Labute approximate surface area is 425 Å². The number of hydrogen-bond acceptors (Lipinski definition) is 1. The fourth-order valence-corrected chi connectivity index (χ4v) is 11.8. The van der Waals surface area contributed by atoms with Crippen molar-refractivity contribution in [2.24, 2.45) is 0 Å². The fourth-order valence-electron chi connectivity index (χ4n) is 11.8. The van der Waals surface area contributed by atoms with E-state index in [1.54, 1.807) is 0 Å². The number of anilines is 3. The average molecular weight is 928 g/mol. The molecule has 13 aromatic carbocycles. The molecule has 0 amide bonds. The number of fused-ring (bicyclic) bond motifs is 6. The third-order valence-corrected chi connectivity index (χ3v) is 15.1. The lowest BCUT2D eigenvalue weighted by atomic mass is 9.84. The maximum absolute atomic E-state index is 2.52. The van der Waals surface area contributed by atoms with E-state index >= 15 is 0 Å². The molecule has 0 saturated carbocycles. The number of rotatable bonds is 8. The van der Waals surface area contributed by atoms with E-state index in [0.29, 0.717) is 0 Å². The Bertz CT molecular complexity index is 4310. The monoisotopic (exact) mass is 927 g/mol. The van der Waals surface area contributed by atoms with Crippen molar-refractivity contribution in [3.8, 4) is 44.5 Å². The minimum absolute atomic E-state index is 1.05. The predicted molar refractivity (Wildman–Crippen MR) is 314 cm³/mol. The predicted octanol–water partition coefficient (Wildman–Crippen LogP) is 20.5. The summed E-state index contributed by atoms with van der Waals surface area (Å²) in [6.07, 6.45) is 9.14. The molecule has 73 heavy (non-hydrogen) atoms. The van der Waals surface area contributed by atoms with Crippen LogP contribution in [0, 0.1) is 0 Å². The van der Waals surface area contributed by atoms with Crippen LogP contribution in [0.3, 0.4) is 0 Å². The molecule has 0 atom stereocenters. The molecule has 13 aromatic rings. The second kappa shape index (κ2) is 17.8. The molecule has 0 radical (unpaired) electrons. The Morgan fingerprint density at radius 1 is 0.260 bits per heavy atom. The molecule has 1 nitrogen and oxygen atoms in total. The van der Waals surface area contributed by atoms with E-state index in [1.807, 2.05) is 0 Å². The minimum Gasteiger partial charge on any atom is -0.309 e. The normalized spacial score (nSPS) is 12.6. The zero-order valence-electron chi connectivity index (χ0n) is 40.3. The zero-order chi connectivity index (χ0) is 48.2. The van der Waals surface area contributed by atoms with Gasteiger partial charge in [0.2, 0.25) is 0 Å². The molecule has 342 valence electrons. The van der Waals surface area contributed by atoms with Crippen LogP contribution in [0.4, 0.5) is 17.1 Å². The van der Waals surface area contributed by atoms with Crippen LogP contribution in [-0.2, 0) is 0 Å². The second-order valence-corrected chi connectivity index (χ2v) is 19.4. The third kappa shape index (κ3) is 7.40. The smallest absolute Gasteiger partial charge is 0.0618 e. The van der Waals surface area contributed by atoms with Crippen LogP contribution >= 0.6 is 0 Å². The number of para-hydroxylation sites is 1. The quantitative estimate of drug-likeness (QED) is 0.137. The van der Waals surface area contributed by atoms with Crippen LogP contribution in [0.2, 0.25) is 0 Å². The van der Waals surface area contributed by atoms with Crippen molar-refractivity contribution in [3.63, 3.8) is 0 Å². The van der Waals surface area contributed by atoms with Crippen molar-refractivity contribution in [1.29, 1.82) is 0 Å². The number of benzene rings is 13. The minimum atomic E-state index is 1.05. The molecule has 0 N–H and O–H groups in total. The van der Waals surface area contributed by atoms with Crippen LogP contribution in [-0.4, -0.2) is 0 Å². The van der Waals surface area contributed by atoms with Gasteiger partial charge < -0.3 is 4.90 Å². The maximum atomic E-state index is 2.52. The van der Waals surface area contributed by atoms with Crippen molar-refractivity contribution >= 4 is 87.3 Å². The summed E-state index contributed by atoms with van der Waals surface area (Å²) in [5.74, 6) is 0. The SMILES string of the molecule is C1=CC(c2cc(-c3ccccc3)cc(-c3c4ccccc4c(N(c4ccccc4)c4ccc5c(-c6ccc7ccccc7c6)c6ccccc6c(-c6ccc7ccccc7c6)c5c4)c4ccccc34)c2)=CCC1. The summed E-state index contributed by atoms with van der Waals surface area (Å²) in [6.45, 7) is 0. The molecule has 0 unspecified atom stereocenters. The first kappa shape index (κ1) is 42.6. The second-order valence-electron chi connectivity index (χ2n) is 19.4. The van der Waals surface area contributed by atoms with E-state index in [-0.39, 0.29) is 0 Å². The van der Waals surface area contributed by atoms with Gasteiger partial charge in [-0.3, -0.25) is 0 Å². The third-order valence-electron chi connectivity index (χ3n) is 15.1. The molecule has 0 heterocycles. The topological polar surface area (TPSA) is 3.24 Å². The largest absolute Gasteiger partial charge is 0.309 e. The molecule has 0 spiro atoms. The van der Waals surface area contributed by atoms with E-state index in [4.69, 9.17) is 0 Å². The lowest BCUT2D eigenvalue weighted by Gasteiger charge is -2.30. The van der Waals surface area contributed by atoms with Crippen LogP contribution in [0.25, 0.3) is 115 Å². The number of allylic oxidation sites excluding steroid dienone is 4. The molecule has 0 bridgehead atoms. The Balaban J connectivity index is 1.07. The first-order valence-corrected chi connectivity index (χ1v) is 25.6. The van der Waals surface area contributed by atoms with E-state index in [0.717, 1.165) is 29.9 Å². The molecular weight excluding hydrogens is 879 g/mol. The standard InChI is InChI=1S/C72H49N/c1-4-20-48(21-5-1)56-44-57(49-22-6-2-7-23-49)46-58(45-56)71-63-32-16-18-34-66(63)72(67-35-19-17-33-64(67)71)73(59-28-8-3-9-29-59)60-40-41-65-68(47-60)70(55-39-37-51-25-11-13-27-53(51)43-55)62-31-15-14-30-61(62)69(65)54-38-36-50-24-10-12-26-52(50)42-54/h1,3-6,8-47H,2,7H2. The van der Waals surface area contributed by atoms with Crippen molar-refractivity contribution in [2.75, 3.05) is 4.90 Å². The van der Waals surface area contributed by atoms with Crippen LogP contribution in [0.1, 0.15) is 18.4 Å². The van der Waals surface area contributed by atoms with Crippen molar-refractivity contribution in [3.05, 3.63) is 279 Å². The fraction of sp³-hybridized carbons (Fsp3) is 0.0278. The average Bonchev–Trinajstić information content (AvgIpc) is 3.46. The van der Waals surface area contributed by atoms with Crippen LogP contribution in [0.15, 0.2) is 273 Å². The van der Waals surface area contributed by atoms with Crippen molar-refractivity contribution in [1.82, 2.24) is 0 Å². The highest BCUT2D eigenvalue weighted by Crippen LogP contribution is 2.51. The van der Waals surface area contributed by atoms with Gasteiger partial charge in [0.05, 0.1) is 5.69 Å². The highest BCUT2D eigenvalue weighted by atomic mass is 15.1. The van der Waals surface area contributed by atoms with Crippen LogP contribution in [0.5, 0.6) is 0 Å². The number of nitrogens with zero attached hydrogens (tertiary/aromatic N) is 1. The molecule has 1 heteroatoms. The lowest BCUT2D eigenvalue weighted by Crippen LogP contribution is -2.11. The Kier molecular flexibility index (Phi) is 10.4. The maximum Gasteiger partial charge on any atom is 0.0618 e. The summed E-state index contributed by atoms with van der Waals surface area (Å²) in [4.78, 5) is 2.52. The molecule has 14 rings (SSSR count). The highest BCUT2D eigenvalue weighted by Gasteiger charge is 2.25. The van der Waals surface area contributed by atoms with Gasteiger partial charge in [-0.15, -0.1) is 0 Å². The Morgan fingerprint density at radius 3 is 1.32 bits per heavy atom. The summed E-state index contributed by atoms with van der Waals surface area (Å²) >= 11 is 0. The summed E-state index contributed by atoms with van der Waals surface area (Å²) in [7, 11) is 0. The van der Waals surface area contributed by atoms with Gasteiger partial charge in [0.25, 0.3) is 0 Å². The van der Waals surface area contributed by atoms with Crippen LogP contribution < -0.4 is 4.90 Å². The Morgan fingerprint density at radius 2 is 0.726 bits per heavy atom. The molecule has 1 aliphatic carbocycles. The summed E-state index contributed by atoms with van der Waals surface area (Å²) < 4.78 is 0. The van der Waals surface area contributed by atoms with Gasteiger partial charge in [-0.05, 0) is 177 Å². The van der Waals surface area contributed by atoms with E-state index in [9.17, 15) is 0 Å². The molecular formula is C72H49N. The zero-order valence-corrected chi connectivity index (χ0v) is 40.3. The van der Waals surface area contributed by atoms with Gasteiger partial charge >= 0.3 is 0 Å². The molecule has 0 aromatic heterocycles. The van der Waals surface area contributed by atoms with Gasteiger partial charge in [0, 0.05) is 22.1 Å². The Hall–Kier alpha value is -9.30. The summed E-state index contributed by atoms with van der Waals surface area (Å²) in [5, 5.41) is 14.6. The highest BCUT2D eigenvalue weighted by molar-refractivity contribution is 6.25. The first-order valence-electron chi connectivity index (χ1n) is 25.6. The lowest BCUT2D eigenvalue weighted by molar-refractivity contribution is 1.04. The van der Waals surface area contributed by atoms with Gasteiger partial charge in [-0.1, -0.05) is 218 Å². The van der Waals surface area contributed by atoms with Gasteiger partial charge in [0.1, 0.15) is 0 Å².